The monoisotopic (exact) mass is 295 g/mol. The van der Waals surface area contributed by atoms with Crippen molar-refractivity contribution in [1.29, 1.82) is 0 Å². The van der Waals surface area contributed by atoms with E-state index in [4.69, 9.17) is 4.74 Å². The highest BCUT2D eigenvalue weighted by molar-refractivity contribution is 5.77. The molecule has 1 heterocycles. The van der Waals surface area contributed by atoms with Crippen molar-refractivity contribution in [3.05, 3.63) is 30.1 Å². The fourth-order valence-electron chi connectivity index (χ4n) is 2.42. The van der Waals surface area contributed by atoms with Crippen LogP contribution in [-0.2, 0) is 9.53 Å². The Kier molecular flexibility index (Phi) is 5.95. The Hall–Kier alpha value is -1.66. The van der Waals surface area contributed by atoms with Gasteiger partial charge in [-0.05, 0) is 24.3 Å². The van der Waals surface area contributed by atoms with Crippen molar-refractivity contribution in [2.75, 3.05) is 57.9 Å². The summed E-state index contributed by atoms with van der Waals surface area (Å²) in [4.78, 5) is 15.8. The lowest BCUT2D eigenvalue weighted by atomic mass is 10.2. The third kappa shape index (κ3) is 4.99. The van der Waals surface area contributed by atoms with Crippen LogP contribution in [0.4, 0.5) is 10.1 Å². The summed E-state index contributed by atoms with van der Waals surface area (Å²) in [7, 11) is 1.51. The van der Waals surface area contributed by atoms with Crippen LogP contribution >= 0.6 is 0 Å². The maximum absolute atomic E-state index is 12.9. The Morgan fingerprint density at radius 1 is 1.24 bits per heavy atom. The molecular weight excluding hydrogens is 273 g/mol. The van der Waals surface area contributed by atoms with Crippen molar-refractivity contribution >= 4 is 11.6 Å². The molecule has 21 heavy (non-hydrogen) atoms. The minimum absolute atomic E-state index is 0.0811. The molecule has 0 bridgehead atoms. The van der Waals surface area contributed by atoms with E-state index in [0.717, 1.165) is 38.4 Å². The van der Waals surface area contributed by atoms with E-state index in [-0.39, 0.29) is 18.3 Å². The number of nitrogens with one attached hydrogen (secondary N) is 1. The van der Waals surface area contributed by atoms with Gasteiger partial charge in [0.2, 0.25) is 5.91 Å². The normalized spacial score (nSPS) is 16.0. The second kappa shape index (κ2) is 7.95. The van der Waals surface area contributed by atoms with E-state index < -0.39 is 0 Å². The highest BCUT2D eigenvalue weighted by Gasteiger charge is 2.16. The van der Waals surface area contributed by atoms with Gasteiger partial charge in [-0.3, -0.25) is 9.69 Å². The molecule has 0 aliphatic carbocycles. The number of amides is 1. The van der Waals surface area contributed by atoms with Gasteiger partial charge in [0.05, 0.1) is 0 Å². The molecule has 1 aromatic carbocycles. The van der Waals surface area contributed by atoms with E-state index in [1.165, 1.54) is 19.2 Å². The van der Waals surface area contributed by atoms with E-state index in [1.807, 2.05) is 12.1 Å². The van der Waals surface area contributed by atoms with E-state index in [9.17, 15) is 9.18 Å². The van der Waals surface area contributed by atoms with Crippen molar-refractivity contribution in [2.45, 2.75) is 0 Å². The average Bonchev–Trinajstić information content (AvgIpc) is 2.49. The highest BCUT2D eigenvalue weighted by Crippen LogP contribution is 2.16. The molecule has 1 saturated heterocycles. The first-order chi connectivity index (χ1) is 10.2. The number of benzene rings is 1. The van der Waals surface area contributed by atoms with Gasteiger partial charge in [-0.2, -0.15) is 0 Å². The molecular formula is C15H22FN3O2. The Bertz CT molecular complexity index is 445. The number of halogens is 1. The Balaban J connectivity index is 1.68. The maximum Gasteiger partial charge on any atom is 0.246 e. The number of nitrogens with zero attached hydrogens (tertiary/aromatic N) is 2. The third-order valence-corrected chi connectivity index (χ3v) is 3.59. The van der Waals surface area contributed by atoms with Crippen LogP contribution in [0.1, 0.15) is 0 Å². The Morgan fingerprint density at radius 3 is 2.52 bits per heavy atom. The van der Waals surface area contributed by atoms with Crippen molar-refractivity contribution < 1.29 is 13.9 Å². The van der Waals surface area contributed by atoms with Crippen LogP contribution < -0.4 is 10.2 Å². The molecule has 0 saturated carbocycles. The topological polar surface area (TPSA) is 44.8 Å². The first-order valence-corrected chi connectivity index (χ1v) is 7.17. The lowest BCUT2D eigenvalue weighted by Gasteiger charge is -2.36. The summed E-state index contributed by atoms with van der Waals surface area (Å²) in [6.07, 6.45) is 0. The van der Waals surface area contributed by atoms with Gasteiger partial charge in [0.15, 0.2) is 0 Å². The molecule has 0 atom stereocenters. The number of anilines is 1. The highest BCUT2D eigenvalue weighted by atomic mass is 19.1. The van der Waals surface area contributed by atoms with Crippen molar-refractivity contribution in [3.63, 3.8) is 0 Å². The largest absolute Gasteiger partial charge is 0.375 e. The quantitative estimate of drug-likeness (QED) is 0.839. The van der Waals surface area contributed by atoms with Gasteiger partial charge < -0.3 is 15.0 Å². The summed E-state index contributed by atoms with van der Waals surface area (Å²) < 4.78 is 17.7. The second-order valence-electron chi connectivity index (χ2n) is 5.09. The van der Waals surface area contributed by atoms with E-state index in [2.05, 4.69) is 15.1 Å². The molecule has 6 heteroatoms. The number of hydrogen-bond donors (Lipinski definition) is 1. The molecule has 1 aliphatic rings. The Labute approximate surface area is 124 Å². The maximum atomic E-state index is 12.9. The van der Waals surface area contributed by atoms with E-state index >= 15 is 0 Å². The molecule has 0 aromatic heterocycles. The SMILES string of the molecule is COCC(=O)NCCN1CCN(c2ccc(F)cc2)CC1. The molecule has 2 rings (SSSR count). The minimum atomic E-state index is -0.204. The summed E-state index contributed by atoms with van der Waals surface area (Å²) in [5.41, 5.74) is 1.06. The smallest absolute Gasteiger partial charge is 0.246 e. The van der Waals surface area contributed by atoms with Crippen LogP contribution in [0.3, 0.4) is 0 Å². The van der Waals surface area contributed by atoms with Crippen LogP contribution in [0.15, 0.2) is 24.3 Å². The molecule has 0 radical (unpaired) electrons. The van der Waals surface area contributed by atoms with Gasteiger partial charge in [0.25, 0.3) is 0 Å². The number of methoxy groups -OCH3 is 1. The van der Waals surface area contributed by atoms with Crippen molar-refractivity contribution in [3.8, 4) is 0 Å². The molecule has 5 nitrogen and oxygen atoms in total. The molecule has 1 aliphatic heterocycles. The standard InChI is InChI=1S/C15H22FN3O2/c1-21-12-15(20)17-6-7-18-8-10-19(11-9-18)14-4-2-13(16)3-5-14/h2-5H,6-12H2,1H3,(H,17,20). The first kappa shape index (κ1) is 15.7. The fourth-order valence-corrected chi connectivity index (χ4v) is 2.42. The lowest BCUT2D eigenvalue weighted by molar-refractivity contribution is -0.124. The van der Waals surface area contributed by atoms with Gasteiger partial charge >= 0.3 is 0 Å². The van der Waals surface area contributed by atoms with E-state index in [1.54, 1.807) is 0 Å². The fraction of sp³-hybridized carbons (Fsp3) is 0.533. The average molecular weight is 295 g/mol. The summed E-state index contributed by atoms with van der Waals surface area (Å²) >= 11 is 0. The zero-order valence-electron chi connectivity index (χ0n) is 12.3. The van der Waals surface area contributed by atoms with Crippen LogP contribution in [0.2, 0.25) is 0 Å². The zero-order chi connectivity index (χ0) is 15.1. The predicted octanol–water partition coefficient (Wildman–Crippen LogP) is 0.710. The summed E-state index contributed by atoms with van der Waals surface area (Å²) in [6, 6.07) is 6.62. The molecule has 0 spiro atoms. The van der Waals surface area contributed by atoms with Gasteiger partial charge in [0, 0.05) is 52.1 Å². The van der Waals surface area contributed by atoms with E-state index in [0.29, 0.717) is 6.54 Å². The molecule has 1 fully saturated rings. The molecule has 1 N–H and O–H groups in total. The van der Waals surface area contributed by atoms with Crippen molar-refractivity contribution in [2.24, 2.45) is 0 Å². The lowest BCUT2D eigenvalue weighted by Crippen LogP contribution is -2.48. The minimum Gasteiger partial charge on any atom is -0.375 e. The van der Waals surface area contributed by atoms with Crippen molar-refractivity contribution in [1.82, 2.24) is 10.2 Å². The second-order valence-corrected chi connectivity index (χ2v) is 5.09. The number of ether oxygens (including phenoxy) is 1. The molecule has 0 unspecified atom stereocenters. The van der Waals surface area contributed by atoms with Gasteiger partial charge in [-0.15, -0.1) is 0 Å². The van der Waals surface area contributed by atoms with Crippen LogP contribution in [0, 0.1) is 5.82 Å². The van der Waals surface area contributed by atoms with Gasteiger partial charge in [0.1, 0.15) is 12.4 Å². The summed E-state index contributed by atoms with van der Waals surface area (Å²) in [5, 5.41) is 2.82. The summed E-state index contributed by atoms with van der Waals surface area (Å²) in [5.74, 6) is -0.286. The number of carbonyl (C=O) groups excluding carboxylic acids is 1. The summed E-state index contributed by atoms with van der Waals surface area (Å²) in [6.45, 7) is 5.30. The van der Waals surface area contributed by atoms with Gasteiger partial charge in [-0.1, -0.05) is 0 Å². The van der Waals surface area contributed by atoms with Crippen LogP contribution in [0.5, 0.6) is 0 Å². The number of rotatable bonds is 6. The third-order valence-electron chi connectivity index (χ3n) is 3.59. The van der Waals surface area contributed by atoms with Crippen LogP contribution in [-0.4, -0.2) is 63.8 Å². The van der Waals surface area contributed by atoms with Gasteiger partial charge in [-0.25, -0.2) is 4.39 Å². The predicted molar refractivity (Wildman–Crippen MR) is 79.9 cm³/mol. The van der Waals surface area contributed by atoms with Crippen LogP contribution in [0.25, 0.3) is 0 Å². The number of carbonyl (C=O) groups is 1. The zero-order valence-corrected chi connectivity index (χ0v) is 12.3. The Morgan fingerprint density at radius 2 is 1.90 bits per heavy atom. The first-order valence-electron chi connectivity index (χ1n) is 7.17. The molecule has 116 valence electrons. The molecule has 1 amide bonds. The number of hydrogen-bond acceptors (Lipinski definition) is 4. The molecule has 1 aromatic rings. The number of piperazine rings is 1.